The normalized spacial score (nSPS) is 11.9. The number of amides is 1. The van der Waals surface area contributed by atoms with Crippen LogP contribution in [0.2, 0.25) is 0 Å². The Hall–Kier alpha value is -1.11. The number of hydrogen-bond acceptors (Lipinski definition) is 2. The summed E-state index contributed by atoms with van der Waals surface area (Å²) in [5.41, 5.74) is 1.57. The quantitative estimate of drug-likeness (QED) is 0.659. The van der Waals surface area contributed by atoms with E-state index in [-0.39, 0.29) is 0 Å². The van der Waals surface area contributed by atoms with Crippen molar-refractivity contribution < 1.29 is 14.7 Å². The fraction of sp³-hybridized carbons (Fsp3) is 0.273. The summed E-state index contributed by atoms with van der Waals surface area (Å²) in [5.74, 6) is -2.67. The lowest BCUT2D eigenvalue weighted by molar-refractivity contribution is -0.144. The van der Waals surface area contributed by atoms with Gasteiger partial charge >= 0.3 is 5.97 Å². The third-order valence-electron chi connectivity index (χ3n) is 2.21. The van der Waals surface area contributed by atoms with E-state index < -0.39 is 17.8 Å². The van der Waals surface area contributed by atoms with Gasteiger partial charge in [0.2, 0.25) is 5.91 Å². The molecule has 0 aromatic heterocycles. The third-order valence-corrected chi connectivity index (χ3v) is 2.88. The molecule has 1 rings (SSSR count). The van der Waals surface area contributed by atoms with Gasteiger partial charge in [0.15, 0.2) is 0 Å². The number of nitrogens with one attached hydrogen (secondary N) is 1. The molecule has 2 N–H and O–H groups in total. The summed E-state index contributed by atoms with van der Waals surface area (Å²) in [4.78, 5) is 22.1. The van der Waals surface area contributed by atoms with Crippen molar-refractivity contribution >= 4 is 40.2 Å². The van der Waals surface area contributed by atoms with Gasteiger partial charge in [-0.25, -0.2) is 0 Å². The lowest BCUT2D eigenvalue weighted by atomic mass is 10.1. The first-order chi connectivity index (χ1) is 7.41. The number of anilines is 1. The molecule has 0 saturated heterocycles. The highest BCUT2D eigenvalue weighted by Gasteiger charge is 2.20. The smallest absolute Gasteiger partial charge is 0.315 e. The van der Waals surface area contributed by atoms with E-state index in [0.717, 1.165) is 9.13 Å². The predicted octanol–water partition coefficient (Wildman–Crippen LogP) is 2.26. The molecule has 4 nitrogen and oxygen atoms in total. The molecule has 1 unspecified atom stereocenters. The first-order valence-corrected chi connectivity index (χ1v) is 5.79. The van der Waals surface area contributed by atoms with Crippen LogP contribution < -0.4 is 5.32 Å². The minimum atomic E-state index is -1.12. The second-order valence-electron chi connectivity index (χ2n) is 3.51. The van der Waals surface area contributed by atoms with Crippen LogP contribution >= 0.6 is 22.6 Å². The van der Waals surface area contributed by atoms with Crippen LogP contribution in [0.1, 0.15) is 12.5 Å². The molecule has 0 aliphatic rings. The maximum atomic E-state index is 11.5. The number of carbonyl (C=O) groups is 2. The Labute approximate surface area is 107 Å². The average molecular weight is 333 g/mol. The van der Waals surface area contributed by atoms with Gasteiger partial charge in [-0.3, -0.25) is 9.59 Å². The van der Waals surface area contributed by atoms with Gasteiger partial charge in [-0.1, -0.05) is 0 Å². The number of carboxylic acids is 1. The van der Waals surface area contributed by atoms with Crippen molar-refractivity contribution in [3.8, 4) is 0 Å². The van der Waals surface area contributed by atoms with Crippen molar-refractivity contribution in [2.24, 2.45) is 5.92 Å². The molecule has 0 radical (unpaired) electrons. The van der Waals surface area contributed by atoms with E-state index in [0.29, 0.717) is 5.69 Å². The number of benzene rings is 1. The maximum absolute atomic E-state index is 11.5. The molecular weight excluding hydrogens is 321 g/mol. The van der Waals surface area contributed by atoms with Crippen molar-refractivity contribution in [3.05, 3.63) is 27.3 Å². The fourth-order valence-electron chi connectivity index (χ4n) is 1.12. The molecule has 0 aliphatic carbocycles. The molecule has 0 heterocycles. The molecule has 5 heteroatoms. The van der Waals surface area contributed by atoms with Crippen molar-refractivity contribution in [2.75, 3.05) is 5.32 Å². The standard InChI is InChI=1S/C11H12INO3/c1-6-5-8(12)3-4-9(6)13-10(14)7(2)11(15)16/h3-5,7H,1-2H3,(H,13,14)(H,15,16). The van der Waals surface area contributed by atoms with E-state index >= 15 is 0 Å². The number of carboxylic acid groups (broad SMARTS) is 1. The molecule has 0 bridgehead atoms. The first kappa shape index (κ1) is 13.0. The van der Waals surface area contributed by atoms with Gasteiger partial charge in [0.05, 0.1) is 0 Å². The Kier molecular flexibility index (Phi) is 4.28. The summed E-state index contributed by atoms with van der Waals surface area (Å²) < 4.78 is 1.07. The minimum Gasteiger partial charge on any atom is -0.481 e. The van der Waals surface area contributed by atoms with E-state index in [2.05, 4.69) is 27.9 Å². The van der Waals surface area contributed by atoms with Crippen molar-refractivity contribution in [1.82, 2.24) is 0 Å². The number of halogens is 1. The maximum Gasteiger partial charge on any atom is 0.315 e. The second kappa shape index (κ2) is 5.29. The zero-order chi connectivity index (χ0) is 12.3. The molecular formula is C11H12INO3. The largest absolute Gasteiger partial charge is 0.481 e. The van der Waals surface area contributed by atoms with Gasteiger partial charge in [-0.15, -0.1) is 0 Å². The Morgan fingerprint density at radius 2 is 2.06 bits per heavy atom. The van der Waals surface area contributed by atoms with Crippen LogP contribution in [0.15, 0.2) is 18.2 Å². The van der Waals surface area contributed by atoms with Crippen LogP contribution in [-0.2, 0) is 9.59 Å². The van der Waals surface area contributed by atoms with Gasteiger partial charge in [0.1, 0.15) is 5.92 Å². The van der Waals surface area contributed by atoms with Gasteiger partial charge in [-0.2, -0.15) is 0 Å². The molecule has 0 aliphatic heterocycles. The van der Waals surface area contributed by atoms with Gasteiger partial charge in [0, 0.05) is 9.26 Å². The number of hydrogen-bond donors (Lipinski definition) is 2. The molecule has 16 heavy (non-hydrogen) atoms. The molecule has 0 saturated carbocycles. The fourth-order valence-corrected chi connectivity index (χ4v) is 1.77. The highest BCUT2D eigenvalue weighted by atomic mass is 127. The van der Waals surface area contributed by atoms with Gasteiger partial charge in [-0.05, 0) is 60.2 Å². The van der Waals surface area contributed by atoms with Crippen molar-refractivity contribution in [1.29, 1.82) is 0 Å². The van der Waals surface area contributed by atoms with Crippen LogP contribution in [0.5, 0.6) is 0 Å². The van der Waals surface area contributed by atoms with Crippen LogP contribution in [0.25, 0.3) is 0 Å². The van der Waals surface area contributed by atoms with Crippen molar-refractivity contribution in [3.63, 3.8) is 0 Å². The number of aliphatic carboxylic acids is 1. The highest BCUT2D eigenvalue weighted by molar-refractivity contribution is 14.1. The Morgan fingerprint density at radius 3 is 2.56 bits per heavy atom. The Bertz CT molecular complexity index is 431. The average Bonchev–Trinajstić information content (AvgIpc) is 2.20. The third kappa shape index (κ3) is 3.19. The lowest BCUT2D eigenvalue weighted by Crippen LogP contribution is -2.27. The number of aryl methyl sites for hydroxylation is 1. The lowest BCUT2D eigenvalue weighted by Gasteiger charge is -2.10. The molecule has 86 valence electrons. The van der Waals surface area contributed by atoms with E-state index in [4.69, 9.17) is 5.11 Å². The van der Waals surface area contributed by atoms with E-state index in [1.165, 1.54) is 6.92 Å². The van der Waals surface area contributed by atoms with Crippen LogP contribution in [-0.4, -0.2) is 17.0 Å². The van der Waals surface area contributed by atoms with Crippen LogP contribution in [0.4, 0.5) is 5.69 Å². The summed E-state index contributed by atoms with van der Waals surface area (Å²) in [7, 11) is 0. The molecule has 1 aromatic carbocycles. The zero-order valence-corrected chi connectivity index (χ0v) is 11.1. The zero-order valence-electron chi connectivity index (χ0n) is 8.95. The van der Waals surface area contributed by atoms with E-state index in [1.807, 2.05) is 19.1 Å². The summed E-state index contributed by atoms with van der Waals surface area (Å²) in [6.07, 6.45) is 0. The molecule has 0 spiro atoms. The summed E-state index contributed by atoms with van der Waals surface area (Å²) in [5, 5.41) is 11.3. The van der Waals surface area contributed by atoms with E-state index in [1.54, 1.807) is 6.07 Å². The summed E-state index contributed by atoms with van der Waals surface area (Å²) in [6, 6.07) is 5.54. The van der Waals surface area contributed by atoms with Crippen LogP contribution in [0.3, 0.4) is 0 Å². The van der Waals surface area contributed by atoms with Gasteiger partial charge < -0.3 is 10.4 Å². The molecule has 1 amide bonds. The molecule has 0 fully saturated rings. The number of rotatable bonds is 3. The topological polar surface area (TPSA) is 66.4 Å². The second-order valence-corrected chi connectivity index (χ2v) is 4.75. The molecule has 1 atom stereocenters. The SMILES string of the molecule is Cc1cc(I)ccc1NC(=O)C(C)C(=O)O. The summed E-state index contributed by atoms with van der Waals surface area (Å²) in [6.45, 7) is 3.23. The minimum absolute atomic E-state index is 0.503. The predicted molar refractivity (Wildman–Crippen MR) is 69.3 cm³/mol. The summed E-state index contributed by atoms with van der Waals surface area (Å²) >= 11 is 2.17. The monoisotopic (exact) mass is 333 g/mol. The highest BCUT2D eigenvalue weighted by Crippen LogP contribution is 2.18. The van der Waals surface area contributed by atoms with E-state index in [9.17, 15) is 9.59 Å². The molecule has 1 aromatic rings. The number of carbonyl (C=O) groups excluding carboxylic acids is 1. The Morgan fingerprint density at radius 1 is 1.44 bits per heavy atom. The van der Waals surface area contributed by atoms with Gasteiger partial charge in [0.25, 0.3) is 0 Å². The first-order valence-electron chi connectivity index (χ1n) is 4.71. The Balaban J connectivity index is 2.81. The van der Waals surface area contributed by atoms with Crippen molar-refractivity contribution in [2.45, 2.75) is 13.8 Å². The van der Waals surface area contributed by atoms with Crippen LogP contribution in [0, 0.1) is 16.4 Å².